The van der Waals surface area contributed by atoms with Crippen LogP contribution in [0.2, 0.25) is 10.0 Å². The molecule has 4 heterocycles. The van der Waals surface area contributed by atoms with E-state index in [1.54, 1.807) is 18.2 Å². The van der Waals surface area contributed by atoms with Crippen molar-refractivity contribution in [3.05, 3.63) is 45.1 Å². The van der Waals surface area contributed by atoms with Crippen molar-refractivity contribution in [3.8, 4) is 0 Å². The minimum atomic E-state index is -0.355. The predicted octanol–water partition coefficient (Wildman–Crippen LogP) is 4.13. The van der Waals surface area contributed by atoms with Crippen molar-refractivity contribution in [1.29, 1.82) is 0 Å². The van der Waals surface area contributed by atoms with Crippen LogP contribution in [0.25, 0.3) is 0 Å². The molecule has 10 heteroatoms. The zero-order valence-electron chi connectivity index (χ0n) is 18.1. The Morgan fingerprint density at radius 2 is 1.88 bits per heavy atom. The first-order chi connectivity index (χ1) is 15.3. The van der Waals surface area contributed by atoms with Gasteiger partial charge in [0.15, 0.2) is 5.82 Å². The Kier molecular flexibility index (Phi) is 5.55. The van der Waals surface area contributed by atoms with Crippen LogP contribution in [0.15, 0.2) is 18.2 Å². The Labute approximate surface area is 196 Å². The van der Waals surface area contributed by atoms with Gasteiger partial charge in [-0.15, -0.1) is 0 Å². The van der Waals surface area contributed by atoms with Gasteiger partial charge in [0, 0.05) is 46.3 Å². The summed E-state index contributed by atoms with van der Waals surface area (Å²) in [5.74, 6) is 0.0732. The van der Waals surface area contributed by atoms with Gasteiger partial charge in [-0.25, -0.2) is 4.79 Å². The number of hydrogen-bond donors (Lipinski definition) is 2. The van der Waals surface area contributed by atoms with E-state index in [1.807, 2.05) is 16.7 Å². The van der Waals surface area contributed by atoms with Crippen LogP contribution < -0.4 is 5.32 Å². The Balaban J connectivity index is 1.31. The molecule has 0 radical (unpaired) electrons. The second kappa shape index (κ2) is 8.24. The maximum atomic E-state index is 13.5. The molecular weight excluding hydrogens is 451 g/mol. The average molecular weight is 477 g/mol. The van der Waals surface area contributed by atoms with E-state index < -0.39 is 0 Å². The Bertz CT molecular complexity index is 1050. The normalized spacial score (nSPS) is 25.1. The number of carbonyl (C=O) groups is 2. The third-order valence-electron chi connectivity index (χ3n) is 6.90. The number of nitrogens with zero attached hydrogens (tertiary/aromatic N) is 4. The molecule has 2 saturated heterocycles. The van der Waals surface area contributed by atoms with Gasteiger partial charge in [0.2, 0.25) is 0 Å². The van der Waals surface area contributed by atoms with E-state index in [1.165, 1.54) is 6.42 Å². The fourth-order valence-corrected chi connectivity index (χ4v) is 5.69. The first kappa shape index (κ1) is 21.6. The molecule has 3 amide bonds. The molecule has 2 N–H and O–H groups in total. The molecule has 2 aromatic rings. The first-order valence-electron chi connectivity index (χ1n) is 11.0. The van der Waals surface area contributed by atoms with Gasteiger partial charge in [0.25, 0.3) is 5.91 Å². The number of carbonyl (C=O) groups excluding carboxylic acids is 2. The number of benzene rings is 1. The number of anilines is 1. The molecule has 3 aliphatic heterocycles. The number of H-pyrrole nitrogens is 1. The SMILES string of the molecule is CC1c2[nH]nc(NC(=O)c3cc(Cl)cc(Cl)c3)c2CN1C(=O)N1C[C@@H]2CCCN2C[C@@H]1C. The molecule has 0 spiro atoms. The van der Waals surface area contributed by atoms with Gasteiger partial charge < -0.3 is 15.1 Å². The number of rotatable bonds is 2. The maximum Gasteiger partial charge on any atom is 0.321 e. The Morgan fingerprint density at radius 3 is 2.62 bits per heavy atom. The van der Waals surface area contributed by atoms with Crippen LogP contribution in [0.1, 0.15) is 54.3 Å². The van der Waals surface area contributed by atoms with Crippen LogP contribution in [-0.2, 0) is 6.54 Å². The second-order valence-corrected chi connectivity index (χ2v) is 9.83. The zero-order chi connectivity index (χ0) is 22.6. The lowest BCUT2D eigenvalue weighted by molar-refractivity contribution is 0.0580. The number of amides is 3. The summed E-state index contributed by atoms with van der Waals surface area (Å²) in [5.41, 5.74) is 2.03. The third kappa shape index (κ3) is 3.74. The molecule has 0 aliphatic carbocycles. The third-order valence-corrected chi connectivity index (χ3v) is 7.33. The molecule has 0 bridgehead atoms. The van der Waals surface area contributed by atoms with E-state index in [0.29, 0.717) is 34.0 Å². The predicted molar refractivity (Wildman–Crippen MR) is 123 cm³/mol. The number of fused-ring (bicyclic) bond motifs is 2. The maximum absolute atomic E-state index is 13.5. The molecule has 1 aromatic carbocycles. The standard InChI is InChI=1S/C22H26Cl2N6O2/c1-12-9-28-5-3-4-17(28)10-29(12)22(32)30-11-18-19(13(30)2)26-27-20(18)25-21(31)14-6-15(23)8-16(24)7-14/h6-8,12-13,17H,3-5,9-11H2,1-2H3,(H2,25,26,27,31)/t12-,13?,17-/m0/s1. The molecule has 170 valence electrons. The molecule has 3 aliphatic rings. The van der Waals surface area contributed by atoms with Crippen LogP contribution in [-0.4, -0.2) is 68.6 Å². The zero-order valence-corrected chi connectivity index (χ0v) is 19.6. The smallest absolute Gasteiger partial charge is 0.319 e. The molecule has 5 rings (SSSR count). The van der Waals surface area contributed by atoms with Crippen molar-refractivity contribution in [2.24, 2.45) is 0 Å². The average Bonchev–Trinajstić information content (AvgIpc) is 3.43. The lowest BCUT2D eigenvalue weighted by atomic mass is 10.1. The highest BCUT2D eigenvalue weighted by Crippen LogP contribution is 2.37. The molecule has 8 nitrogen and oxygen atoms in total. The quantitative estimate of drug-likeness (QED) is 0.681. The Hall–Kier alpha value is -2.29. The van der Waals surface area contributed by atoms with Crippen LogP contribution in [0.5, 0.6) is 0 Å². The van der Waals surface area contributed by atoms with E-state index in [9.17, 15) is 9.59 Å². The van der Waals surface area contributed by atoms with E-state index in [4.69, 9.17) is 23.2 Å². The second-order valence-electron chi connectivity index (χ2n) is 8.96. The number of aromatic amines is 1. The molecule has 1 unspecified atom stereocenters. The van der Waals surface area contributed by atoms with Crippen molar-refractivity contribution >= 4 is 41.0 Å². The van der Waals surface area contributed by atoms with E-state index in [-0.39, 0.29) is 24.0 Å². The number of halogens is 2. The summed E-state index contributed by atoms with van der Waals surface area (Å²) in [6.45, 7) is 7.34. The van der Waals surface area contributed by atoms with Gasteiger partial charge >= 0.3 is 6.03 Å². The van der Waals surface area contributed by atoms with Gasteiger partial charge in [-0.05, 0) is 51.4 Å². The van der Waals surface area contributed by atoms with Crippen LogP contribution >= 0.6 is 23.2 Å². The van der Waals surface area contributed by atoms with E-state index >= 15 is 0 Å². The number of nitrogens with one attached hydrogen (secondary N) is 2. The lowest BCUT2D eigenvalue weighted by Crippen LogP contribution is -2.59. The molecule has 32 heavy (non-hydrogen) atoms. The van der Waals surface area contributed by atoms with Crippen LogP contribution in [0, 0.1) is 0 Å². The minimum absolute atomic E-state index is 0.0417. The molecule has 3 atom stereocenters. The molecule has 1 aromatic heterocycles. The van der Waals surface area contributed by atoms with Gasteiger partial charge in [-0.2, -0.15) is 5.10 Å². The molecule has 2 fully saturated rings. The van der Waals surface area contributed by atoms with E-state index in [2.05, 4.69) is 27.3 Å². The van der Waals surface area contributed by atoms with Crippen LogP contribution in [0.3, 0.4) is 0 Å². The van der Waals surface area contributed by atoms with Gasteiger partial charge in [-0.1, -0.05) is 23.2 Å². The highest BCUT2D eigenvalue weighted by atomic mass is 35.5. The summed E-state index contributed by atoms with van der Waals surface area (Å²) >= 11 is 12.0. The van der Waals surface area contributed by atoms with Gasteiger partial charge in [0.1, 0.15) is 0 Å². The van der Waals surface area contributed by atoms with Crippen molar-refractivity contribution in [3.63, 3.8) is 0 Å². The topological polar surface area (TPSA) is 84.6 Å². The summed E-state index contributed by atoms with van der Waals surface area (Å²) in [6, 6.07) is 5.21. The van der Waals surface area contributed by atoms with Gasteiger partial charge in [0.05, 0.1) is 18.3 Å². The minimum Gasteiger partial charge on any atom is -0.319 e. The monoisotopic (exact) mass is 476 g/mol. The fourth-order valence-electron chi connectivity index (χ4n) is 5.17. The first-order valence-corrected chi connectivity index (χ1v) is 11.7. The van der Waals surface area contributed by atoms with E-state index in [0.717, 1.165) is 37.3 Å². The fraction of sp³-hybridized carbons (Fsp3) is 0.500. The summed E-state index contributed by atoms with van der Waals surface area (Å²) in [6.07, 6.45) is 2.36. The molecular formula is C22H26Cl2N6O2. The summed E-state index contributed by atoms with van der Waals surface area (Å²) in [4.78, 5) is 32.6. The highest BCUT2D eigenvalue weighted by molar-refractivity contribution is 6.35. The largest absolute Gasteiger partial charge is 0.321 e. The van der Waals surface area contributed by atoms with Crippen molar-refractivity contribution < 1.29 is 9.59 Å². The number of urea groups is 1. The lowest BCUT2D eigenvalue weighted by Gasteiger charge is -2.44. The Morgan fingerprint density at radius 1 is 1.12 bits per heavy atom. The number of hydrogen-bond acceptors (Lipinski definition) is 4. The van der Waals surface area contributed by atoms with Crippen molar-refractivity contribution in [2.75, 3.05) is 25.0 Å². The highest BCUT2D eigenvalue weighted by Gasteiger charge is 2.42. The van der Waals surface area contributed by atoms with Crippen molar-refractivity contribution in [1.82, 2.24) is 24.9 Å². The summed E-state index contributed by atoms with van der Waals surface area (Å²) < 4.78 is 0. The summed E-state index contributed by atoms with van der Waals surface area (Å²) in [5, 5.41) is 10.9. The number of aromatic nitrogens is 2. The summed E-state index contributed by atoms with van der Waals surface area (Å²) in [7, 11) is 0. The van der Waals surface area contributed by atoms with Crippen LogP contribution in [0.4, 0.5) is 10.6 Å². The number of piperazine rings is 1. The van der Waals surface area contributed by atoms with Gasteiger partial charge in [-0.3, -0.25) is 14.8 Å². The molecule has 0 saturated carbocycles. The van der Waals surface area contributed by atoms with Crippen molar-refractivity contribution in [2.45, 2.75) is 51.4 Å².